The summed E-state index contributed by atoms with van der Waals surface area (Å²) in [6.45, 7) is 3.58. The molecule has 1 aromatic rings. The summed E-state index contributed by atoms with van der Waals surface area (Å²) in [6.07, 6.45) is 0.943. The highest BCUT2D eigenvalue weighted by Crippen LogP contribution is 2.15. The normalized spacial score (nSPS) is 10.4. The van der Waals surface area contributed by atoms with E-state index in [0.29, 0.717) is 10.6 Å². The molecule has 0 fully saturated rings. The van der Waals surface area contributed by atoms with Crippen molar-refractivity contribution < 1.29 is 4.79 Å². The molecular weight excluding hydrogens is 236 g/mol. The highest BCUT2D eigenvalue weighted by Gasteiger charge is 2.12. The molecule has 1 amide bonds. The Balaban J connectivity index is 2.68. The van der Waals surface area contributed by atoms with Crippen LogP contribution in [0.1, 0.15) is 22.3 Å². The molecule has 0 aliphatic heterocycles. The van der Waals surface area contributed by atoms with E-state index in [-0.39, 0.29) is 5.91 Å². The fourth-order valence-electron chi connectivity index (χ4n) is 1.67. The lowest BCUT2D eigenvalue weighted by Crippen LogP contribution is -2.29. The average Bonchev–Trinajstić information content (AvgIpc) is 2.27. The Hall–Kier alpha value is -1.06. The number of carbonyl (C=O) groups excluding carboxylic acids is 1. The Morgan fingerprint density at radius 3 is 2.71 bits per heavy atom. The maximum atomic E-state index is 12.1. The van der Waals surface area contributed by atoms with Gasteiger partial charge in [0, 0.05) is 24.2 Å². The monoisotopic (exact) mass is 254 g/mol. The second kappa shape index (κ2) is 6.62. The Morgan fingerprint density at radius 1 is 1.41 bits per heavy atom. The first-order chi connectivity index (χ1) is 8.04. The summed E-state index contributed by atoms with van der Waals surface area (Å²) < 4.78 is 0. The van der Waals surface area contributed by atoms with Crippen molar-refractivity contribution in [3.05, 3.63) is 34.3 Å². The van der Waals surface area contributed by atoms with Crippen LogP contribution in [-0.2, 0) is 0 Å². The summed E-state index contributed by atoms with van der Waals surface area (Å²) in [6, 6.07) is 5.42. The van der Waals surface area contributed by atoms with Crippen molar-refractivity contribution in [2.75, 3.05) is 27.2 Å². The van der Waals surface area contributed by atoms with Gasteiger partial charge in [0.2, 0.25) is 0 Å². The summed E-state index contributed by atoms with van der Waals surface area (Å²) in [5.74, 6) is 0.0201. The zero-order valence-corrected chi connectivity index (χ0v) is 11.3. The van der Waals surface area contributed by atoms with Gasteiger partial charge in [0.25, 0.3) is 5.91 Å². The molecule has 0 aliphatic carbocycles. The molecule has 0 aliphatic rings. The smallest absolute Gasteiger partial charge is 0.253 e. The molecule has 0 atom stereocenters. The second-order valence-electron chi connectivity index (χ2n) is 4.20. The molecule has 0 radical (unpaired) electrons. The minimum absolute atomic E-state index is 0.0201. The molecule has 1 rings (SSSR count). The molecule has 0 saturated heterocycles. The van der Waals surface area contributed by atoms with E-state index in [1.54, 1.807) is 11.0 Å². The number of rotatable bonds is 5. The number of benzene rings is 1. The predicted octanol–water partition coefficient (Wildman–Crippen LogP) is 2.33. The fraction of sp³-hybridized carbons (Fsp3) is 0.462. The van der Waals surface area contributed by atoms with E-state index in [4.69, 9.17) is 11.6 Å². The SMILES string of the molecule is CNCCCN(C)C(=O)c1cc(C)cc(Cl)c1. The number of hydrogen-bond acceptors (Lipinski definition) is 2. The first-order valence-electron chi connectivity index (χ1n) is 5.72. The van der Waals surface area contributed by atoms with Crippen molar-refractivity contribution in [3.63, 3.8) is 0 Å². The van der Waals surface area contributed by atoms with Crippen LogP contribution >= 0.6 is 11.6 Å². The molecular formula is C13H19ClN2O. The standard InChI is InChI=1S/C13H19ClN2O/c1-10-7-11(9-12(14)8-10)13(17)16(3)6-4-5-15-2/h7-9,15H,4-6H2,1-3H3. The minimum atomic E-state index is 0.0201. The Morgan fingerprint density at radius 2 is 2.12 bits per heavy atom. The fourth-order valence-corrected chi connectivity index (χ4v) is 1.96. The van der Waals surface area contributed by atoms with Gasteiger partial charge in [0.05, 0.1) is 0 Å². The van der Waals surface area contributed by atoms with E-state index >= 15 is 0 Å². The Kier molecular flexibility index (Phi) is 5.45. The summed E-state index contributed by atoms with van der Waals surface area (Å²) >= 11 is 5.94. The lowest BCUT2D eigenvalue weighted by Gasteiger charge is -2.17. The van der Waals surface area contributed by atoms with Crippen LogP contribution in [0.25, 0.3) is 0 Å². The quantitative estimate of drug-likeness (QED) is 0.818. The first kappa shape index (κ1) is 14.0. The lowest BCUT2D eigenvalue weighted by molar-refractivity contribution is 0.0793. The van der Waals surface area contributed by atoms with E-state index in [1.165, 1.54) is 0 Å². The summed E-state index contributed by atoms with van der Waals surface area (Å²) in [4.78, 5) is 13.8. The number of nitrogens with zero attached hydrogens (tertiary/aromatic N) is 1. The minimum Gasteiger partial charge on any atom is -0.342 e. The van der Waals surface area contributed by atoms with E-state index in [2.05, 4.69) is 5.32 Å². The van der Waals surface area contributed by atoms with E-state index in [0.717, 1.165) is 25.1 Å². The molecule has 0 heterocycles. The molecule has 4 heteroatoms. The summed E-state index contributed by atoms with van der Waals surface area (Å²) in [7, 11) is 3.72. The van der Waals surface area contributed by atoms with Crippen molar-refractivity contribution in [2.45, 2.75) is 13.3 Å². The molecule has 3 nitrogen and oxygen atoms in total. The van der Waals surface area contributed by atoms with Gasteiger partial charge in [0.15, 0.2) is 0 Å². The van der Waals surface area contributed by atoms with Gasteiger partial charge in [-0.2, -0.15) is 0 Å². The van der Waals surface area contributed by atoms with Gasteiger partial charge in [0.1, 0.15) is 0 Å². The summed E-state index contributed by atoms with van der Waals surface area (Å²) in [5.41, 5.74) is 1.66. The number of carbonyl (C=O) groups is 1. The van der Waals surface area contributed by atoms with Crippen molar-refractivity contribution in [1.82, 2.24) is 10.2 Å². The van der Waals surface area contributed by atoms with Crippen LogP contribution in [0.15, 0.2) is 18.2 Å². The van der Waals surface area contributed by atoms with Gasteiger partial charge < -0.3 is 10.2 Å². The van der Waals surface area contributed by atoms with Crippen LogP contribution in [0.3, 0.4) is 0 Å². The number of nitrogens with one attached hydrogen (secondary N) is 1. The second-order valence-corrected chi connectivity index (χ2v) is 4.64. The highest BCUT2D eigenvalue weighted by molar-refractivity contribution is 6.31. The van der Waals surface area contributed by atoms with Crippen LogP contribution in [0.2, 0.25) is 5.02 Å². The summed E-state index contributed by atoms with van der Waals surface area (Å²) in [5, 5.41) is 3.67. The van der Waals surface area contributed by atoms with Gasteiger partial charge in [-0.25, -0.2) is 0 Å². The van der Waals surface area contributed by atoms with E-state index in [1.807, 2.05) is 33.2 Å². The van der Waals surface area contributed by atoms with Crippen molar-refractivity contribution in [3.8, 4) is 0 Å². The molecule has 1 N–H and O–H groups in total. The van der Waals surface area contributed by atoms with Crippen molar-refractivity contribution >= 4 is 17.5 Å². The third kappa shape index (κ3) is 4.36. The predicted molar refractivity (Wildman–Crippen MR) is 71.7 cm³/mol. The maximum Gasteiger partial charge on any atom is 0.253 e. The topological polar surface area (TPSA) is 32.3 Å². The zero-order chi connectivity index (χ0) is 12.8. The molecule has 17 heavy (non-hydrogen) atoms. The lowest BCUT2D eigenvalue weighted by atomic mass is 10.1. The van der Waals surface area contributed by atoms with Crippen LogP contribution in [0, 0.1) is 6.92 Å². The third-order valence-corrected chi connectivity index (χ3v) is 2.77. The highest BCUT2D eigenvalue weighted by atomic mass is 35.5. The van der Waals surface area contributed by atoms with E-state index < -0.39 is 0 Å². The first-order valence-corrected chi connectivity index (χ1v) is 6.09. The van der Waals surface area contributed by atoms with Crippen molar-refractivity contribution in [1.29, 1.82) is 0 Å². The number of aryl methyl sites for hydroxylation is 1. The molecule has 0 aromatic heterocycles. The van der Waals surface area contributed by atoms with Gasteiger partial charge in [-0.3, -0.25) is 4.79 Å². The van der Waals surface area contributed by atoms with Crippen LogP contribution in [0.5, 0.6) is 0 Å². The number of amides is 1. The number of halogens is 1. The zero-order valence-electron chi connectivity index (χ0n) is 10.6. The van der Waals surface area contributed by atoms with Gasteiger partial charge >= 0.3 is 0 Å². The molecule has 1 aromatic carbocycles. The molecule has 0 saturated carbocycles. The largest absolute Gasteiger partial charge is 0.342 e. The third-order valence-electron chi connectivity index (χ3n) is 2.56. The van der Waals surface area contributed by atoms with Crippen LogP contribution < -0.4 is 5.32 Å². The van der Waals surface area contributed by atoms with Gasteiger partial charge in [-0.15, -0.1) is 0 Å². The number of hydrogen-bond donors (Lipinski definition) is 1. The van der Waals surface area contributed by atoms with Gasteiger partial charge in [-0.05, 0) is 50.7 Å². The van der Waals surface area contributed by atoms with Crippen LogP contribution in [0.4, 0.5) is 0 Å². The Labute approximate surface area is 108 Å². The molecule has 0 spiro atoms. The Bertz CT molecular complexity index is 373. The van der Waals surface area contributed by atoms with Crippen molar-refractivity contribution in [2.24, 2.45) is 0 Å². The molecule has 0 bridgehead atoms. The maximum absolute atomic E-state index is 12.1. The molecule has 94 valence electrons. The van der Waals surface area contributed by atoms with Gasteiger partial charge in [-0.1, -0.05) is 11.6 Å². The van der Waals surface area contributed by atoms with E-state index in [9.17, 15) is 4.79 Å². The average molecular weight is 255 g/mol. The van der Waals surface area contributed by atoms with Crippen LogP contribution in [-0.4, -0.2) is 38.0 Å². The molecule has 0 unspecified atom stereocenters.